The van der Waals surface area contributed by atoms with Crippen LogP contribution in [0, 0.1) is 0 Å². The van der Waals surface area contributed by atoms with Gasteiger partial charge in [-0.25, -0.2) is 0 Å². The molecule has 0 N–H and O–H groups in total. The minimum absolute atomic E-state index is 0.726. The van der Waals surface area contributed by atoms with E-state index in [0.29, 0.717) is 0 Å². The zero-order valence-electron chi connectivity index (χ0n) is 13.2. The molecule has 1 heteroatoms. The first kappa shape index (κ1) is 15.1. The van der Waals surface area contributed by atoms with Gasteiger partial charge >= 0.3 is 0 Å². The van der Waals surface area contributed by atoms with Gasteiger partial charge < -0.3 is 0 Å². The van der Waals surface area contributed by atoms with Crippen molar-refractivity contribution in [3.05, 3.63) is 77.9 Å². The van der Waals surface area contributed by atoms with Crippen molar-refractivity contribution in [1.82, 2.24) is 4.90 Å². The number of benzene rings is 2. The molecular weight excluding hydrogens is 266 g/mol. The smallest absolute Gasteiger partial charge is 0.0130 e. The van der Waals surface area contributed by atoms with Gasteiger partial charge in [0, 0.05) is 12.6 Å². The maximum absolute atomic E-state index is 2.67. The average Bonchev–Trinajstić information content (AvgIpc) is 3.02. The highest BCUT2D eigenvalue weighted by atomic mass is 15.2. The molecule has 1 heterocycles. The second-order valence-electron chi connectivity index (χ2n) is 6.12. The van der Waals surface area contributed by atoms with Crippen molar-refractivity contribution in [3.63, 3.8) is 0 Å². The van der Waals surface area contributed by atoms with Crippen LogP contribution in [-0.4, -0.2) is 24.0 Å². The van der Waals surface area contributed by atoms with Crippen LogP contribution in [0.1, 0.15) is 30.4 Å². The third-order valence-electron chi connectivity index (χ3n) is 4.55. The number of likely N-dealkylation sites (tertiary alicyclic amines) is 1. The molecular formula is C21H25N. The molecule has 0 aliphatic carbocycles. The Labute approximate surface area is 134 Å². The molecule has 0 spiro atoms. The third kappa shape index (κ3) is 4.32. The second-order valence-corrected chi connectivity index (χ2v) is 6.12. The van der Waals surface area contributed by atoms with E-state index in [9.17, 15) is 0 Å². The Balaban J connectivity index is 1.49. The second kappa shape index (κ2) is 7.95. The number of rotatable bonds is 6. The molecule has 22 heavy (non-hydrogen) atoms. The van der Waals surface area contributed by atoms with Crippen LogP contribution < -0.4 is 0 Å². The van der Waals surface area contributed by atoms with Gasteiger partial charge in [-0.2, -0.15) is 0 Å². The van der Waals surface area contributed by atoms with E-state index in [4.69, 9.17) is 0 Å². The quantitative estimate of drug-likeness (QED) is 0.739. The van der Waals surface area contributed by atoms with Crippen LogP contribution in [0.2, 0.25) is 0 Å². The maximum Gasteiger partial charge on any atom is 0.0130 e. The molecule has 0 bridgehead atoms. The fourth-order valence-corrected chi connectivity index (χ4v) is 3.30. The molecule has 1 atom stereocenters. The van der Waals surface area contributed by atoms with Gasteiger partial charge in [0.15, 0.2) is 0 Å². The summed E-state index contributed by atoms with van der Waals surface area (Å²) in [6.07, 6.45) is 9.63. The van der Waals surface area contributed by atoms with Crippen molar-refractivity contribution in [1.29, 1.82) is 0 Å². The van der Waals surface area contributed by atoms with E-state index in [1.54, 1.807) is 0 Å². The standard InChI is InChI=1S/C21H25N/c1-3-9-19(10-4-1)13-7-14-21-15-8-17-22(21)18-16-20-11-5-2-6-12-20/h1-7,9-13,21H,8,14-18H2/b13-7+. The Bertz CT molecular complexity index is 573. The summed E-state index contributed by atoms with van der Waals surface area (Å²) in [7, 11) is 0. The molecule has 1 aliphatic rings. The lowest BCUT2D eigenvalue weighted by Crippen LogP contribution is -2.30. The summed E-state index contributed by atoms with van der Waals surface area (Å²) in [4.78, 5) is 2.67. The van der Waals surface area contributed by atoms with E-state index in [0.717, 1.165) is 6.04 Å². The average molecular weight is 291 g/mol. The molecule has 1 unspecified atom stereocenters. The molecule has 1 saturated heterocycles. The molecule has 2 aromatic rings. The summed E-state index contributed by atoms with van der Waals surface area (Å²) in [6, 6.07) is 22.2. The maximum atomic E-state index is 2.67. The van der Waals surface area contributed by atoms with E-state index in [1.807, 2.05) is 0 Å². The van der Waals surface area contributed by atoms with Crippen LogP contribution >= 0.6 is 0 Å². The first-order valence-electron chi connectivity index (χ1n) is 8.41. The van der Waals surface area contributed by atoms with Crippen LogP contribution in [-0.2, 0) is 6.42 Å². The number of nitrogens with zero attached hydrogens (tertiary/aromatic N) is 1. The van der Waals surface area contributed by atoms with Crippen molar-refractivity contribution in [2.24, 2.45) is 0 Å². The zero-order valence-corrected chi connectivity index (χ0v) is 13.2. The van der Waals surface area contributed by atoms with Crippen molar-refractivity contribution in [2.75, 3.05) is 13.1 Å². The van der Waals surface area contributed by atoms with Crippen LogP contribution in [0.3, 0.4) is 0 Å². The normalized spacial score (nSPS) is 19.0. The minimum Gasteiger partial charge on any atom is -0.300 e. The van der Waals surface area contributed by atoms with Crippen LogP contribution in [0.25, 0.3) is 6.08 Å². The predicted octanol–water partition coefficient (Wildman–Crippen LogP) is 4.80. The van der Waals surface area contributed by atoms with Crippen molar-refractivity contribution >= 4 is 6.08 Å². The molecule has 114 valence electrons. The predicted molar refractivity (Wildman–Crippen MR) is 94.8 cm³/mol. The Morgan fingerprint density at radius 2 is 1.68 bits per heavy atom. The molecule has 0 radical (unpaired) electrons. The lowest BCUT2D eigenvalue weighted by molar-refractivity contribution is 0.258. The molecule has 1 aliphatic heterocycles. The molecule has 0 saturated carbocycles. The number of hydrogen-bond donors (Lipinski definition) is 0. The molecule has 3 rings (SSSR count). The first-order chi connectivity index (χ1) is 10.9. The Morgan fingerprint density at radius 1 is 0.955 bits per heavy atom. The van der Waals surface area contributed by atoms with Crippen LogP contribution in [0.4, 0.5) is 0 Å². The van der Waals surface area contributed by atoms with Crippen molar-refractivity contribution < 1.29 is 0 Å². The largest absolute Gasteiger partial charge is 0.300 e. The van der Waals surface area contributed by atoms with Gasteiger partial charge in [-0.3, -0.25) is 4.90 Å². The number of hydrogen-bond acceptors (Lipinski definition) is 1. The summed E-state index contributed by atoms with van der Waals surface area (Å²) >= 11 is 0. The Morgan fingerprint density at radius 3 is 2.45 bits per heavy atom. The monoisotopic (exact) mass is 291 g/mol. The summed E-state index contributed by atoms with van der Waals surface area (Å²) < 4.78 is 0. The van der Waals surface area contributed by atoms with Gasteiger partial charge in [0.2, 0.25) is 0 Å². The molecule has 0 aromatic heterocycles. The summed E-state index contributed by atoms with van der Waals surface area (Å²) in [5.74, 6) is 0. The molecule has 1 fully saturated rings. The van der Waals surface area contributed by atoms with Gasteiger partial charge in [0.25, 0.3) is 0 Å². The van der Waals surface area contributed by atoms with Crippen molar-refractivity contribution in [2.45, 2.75) is 31.7 Å². The highest BCUT2D eigenvalue weighted by Gasteiger charge is 2.22. The fraction of sp³-hybridized carbons (Fsp3) is 0.333. The van der Waals surface area contributed by atoms with E-state index in [1.165, 1.54) is 49.9 Å². The fourth-order valence-electron chi connectivity index (χ4n) is 3.30. The highest BCUT2D eigenvalue weighted by molar-refractivity contribution is 5.48. The van der Waals surface area contributed by atoms with Crippen molar-refractivity contribution in [3.8, 4) is 0 Å². The molecule has 1 nitrogen and oxygen atoms in total. The Hall–Kier alpha value is -1.86. The van der Waals surface area contributed by atoms with E-state index in [-0.39, 0.29) is 0 Å². The van der Waals surface area contributed by atoms with E-state index < -0.39 is 0 Å². The Kier molecular flexibility index (Phi) is 5.44. The third-order valence-corrected chi connectivity index (χ3v) is 4.55. The first-order valence-corrected chi connectivity index (χ1v) is 8.41. The SMILES string of the molecule is C(=C\c1ccccc1)/CC1CCCN1CCc1ccccc1. The van der Waals surface area contributed by atoms with E-state index in [2.05, 4.69) is 77.7 Å². The van der Waals surface area contributed by atoms with Crippen LogP contribution in [0.5, 0.6) is 0 Å². The lowest BCUT2D eigenvalue weighted by Gasteiger charge is -2.23. The van der Waals surface area contributed by atoms with Gasteiger partial charge in [0.05, 0.1) is 0 Å². The molecule has 0 amide bonds. The van der Waals surface area contributed by atoms with Gasteiger partial charge in [-0.15, -0.1) is 0 Å². The highest BCUT2D eigenvalue weighted by Crippen LogP contribution is 2.21. The van der Waals surface area contributed by atoms with Gasteiger partial charge in [0.1, 0.15) is 0 Å². The summed E-state index contributed by atoms with van der Waals surface area (Å²) in [6.45, 7) is 2.45. The summed E-state index contributed by atoms with van der Waals surface area (Å²) in [5, 5.41) is 0. The minimum atomic E-state index is 0.726. The van der Waals surface area contributed by atoms with E-state index >= 15 is 0 Å². The lowest BCUT2D eigenvalue weighted by atomic mass is 10.1. The topological polar surface area (TPSA) is 3.24 Å². The summed E-state index contributed by atoms with van der Waals surface area (Å²) in [5.41, 5.74) is 2.75. The van der Waals surface area contributed by atoms with Gasteiger partial charge in [-0.1, -0.05) is 72.8 Å². The molecule has 2 aromatic carbocycles. The zero-order chi connectivity index (χ0) is 15.0. The van der Waals surface area contributed by atoms with Gasteiger partial charge in [-0.05, 0) is 43.4 Å². The van der Waals surface area contributed by atoms with Crippen LogP contribution in [0.15, 0.2) is 66.7 Å².